The van der Waals surface area contributed by atoms with Crippen molar-refractivity contribution in [2.24, 2.45) is 12.0 Å². The van der Waals surface area contributed by atoms with Crippen molar-refractivity contribution < 1.29 is 4.79 Å². The highest BCUT2D eigenvalue weighted by molar-refractivity contribution is 5.80. The number of hydrogen-bond donors (Lipinski definition) is 1. The van der Waals surface area contributed by atoms with Crippen molar-refractivity contribution in [2.75, 3.05) is 52.4 Å². The van der Waals surface area contributed by atoms with Crippen LogP contribution in [0, 0.1) is 6.92 Å². The number of aryl methyl sites for hydroxylation is 1. The van der Waals surface area contributed by atoms with Gasteiger partial charge in [0.05, 0.1) is 6.54 Å². The molecule has 0 atom stereocenters. The van der Waals surface area contributed by atoms with E-state index in [2.05, 4.69) is 31.9 Å². The molecule has 28 heavy (non-hydrogen) atoms. The topological polar surface area (TPSA) is 81.9 Å². The summed E-state index contributed by atoms with van der Waals surface area (Å²) in [5.41, 5.74) is 0. The molecular weight excluding hydrogens is 356 g/mol. The summed E-state index contributed by atoms with van der Waals surface area (Å²) in [5, 5.41) is 11.6. The monoisotopic (exact) mass is 388 g/mol. The first-order valence-electron chi connectivity index (χ1n) is 10.1. The maximum atomic E-state index is 12.4. The molecule has 1 aromatic rings. The Bertz CT molecular complexity index is 699. The molecule has 0 aliphatic carbocycles. The molecule has 0 unspecified atom stereocenters. The molecule has 0 aromatic carbocycles. The van der Waals surface area contributed by atoms with E-state index < -0.39 is 0 Å². The Kier molecular flexibility index (Phi) is 7.02. The van der Waals surface area contributed by atoms with E-state index in [0.717, 1.165) is 69.7 Å². The van der Waals surface area contributed by atoms with Crippen LogP contribution in [0.1, 0.15) is 24.5 Å². The molecule has 2 fully saturated rings. The highest BCUT2D eigenvalue weighted by Gasteiger charge is 2.24. The zero-order valence-electron chi connectivity index (χ0n) is 17.1. The summed E-state index contributed by atoms with van der Waals surface area (Å²) in [7, 11) is 1.95. The molecule has 1 aromatic heterocycles. The number of aromatic nitrogens is 3. The highest BCUT2D eigenvalue weighted by atomic mass is 16.2. The number of rotatable bonds is 6. The van der Waals surface area contributed by atoms with Crippen LogP contribution in [-0.2, 0) is 18.4 Å². The lowest BCUT2D eigenvalue weighted by Gasteiger charge is -2.36. The van der Waals surface area contributed by atoms with E-state index in [4.69, 9.17) is 4.99 Å². The molecule has 0 radical (unpaired) electrons. The molecular formula is C19H32N8O. The Hall–Kier alpha value is -2.42. The van der Waals surface area contributed by atoms with Gasteiger partial charge in [0, 0.05) is 52.9 Å². The third kappa shape index (κ3) is 5.09. The van der Waals surface area contributed by atoms with E-state index in [1.807, 2.05) is 29.5 Å². The zero-order valence-corrected chi connectivity index (χ0v) is 17.1. The summed E-state index contributed by atoms with van der Waals surface area (Å²) in [6, 6.07) is 0. The number of hydrogen-bond acceptors (Lipinski definition) is 5. The molecule has 0 spiro atoms. The van der Waals surface area contributed by atoms with Gasteiger partial charge < -0.3 is 19.7 Å². The van der Waals surface area contributed by atoms with Crippen LogP contribution in [-0.4, -0.2) is 93.7 Å². The quantitative estimate of drug-likeness (QED) is 0.420. The molecule has 2 aliphatic rings. The second-order valence-corrected chi connectivity index (χ2v) is 7.38. The third-order valence-corrected chi connectivity index (χ3v) is 5.45. The number of aliphatic imine (C=N–C) groups is 1. The van der Waals surface area contributed by atoms with Gasteiger partial charge in [0.1, 0.15) is 12.4 Å². The van der Waals surface area contributed by atoms with Crippen LogP contribution < -0.4 is 5.32 Å². The summed E-state index contributed by atoms with van der Waals surface area (Å²) in [4.78, 5) is 23.6. The fourth-order valence-corrected chi connectivity index (χ4v) is 3.54. The van der Waals surface area contributed by atoms with Gasteiger partial charge in [-0.15, -0.1) is 16.8 Å². The van der Waals surface area contributed by atoms with E-state index in [-0.39, 0.29) is 5.91 Å². The standard InChI is InChI=1S/C19H32N8O/c1-4-7-20-19(21-14-17-23-22-16(2)24(17)3)27-12-10-25(11-13-27)15-18(28)26-8-5-6-9-26/h4H,1,5-15H2,2-3H3,(H,20,21). The maximum Gasteiger partial charge on any atom is 0.236 e. The number of nitrogens with zero attached hydrogens (tertiary/aromatic N) is 7. The van der Waals surface area contributed by atoms with Crippen LogP contribution in [0.4, 0.5) is 0 Å². The second kappa shape index (κ2) is 9.68. The SMILES string of the molecule is C=CCNC(=NCc1nnc(C)n1C)N1CCN(CC(=O)N2CCCC2)CC1. The van der Waals surface area contributed by atoms with Gasteiger partial charge in [-0.05, 0) is 19.8 Å². The van der Waals surface area contributed by atoms with Crippen LogP contribution in [0.25, 0.3) is 0 Å². The first-order valence-corrected chi connectivity index (χ1v) is 10.1. The lowest BCUT2D eigenvalue weighted by Crippen LogP contribution is -2.54. The van der Waals surface area contributed by atoms with Crippen molar-refractivity contribution in [3.05, 3.63) is 24.3 Å². The van der Waals surface area contributed by atoms with Gasteiger partial charge in [-0.25, -0.2) is 4.99 Å². The third-order valence-electron chi connectivity index (χ3n) is 5.45. The normalized spacial score (nSPS) is 18.6. The van der Waals surface area contributed by atoms with Gasteiger partial charge in [0.15, 0.2) is 11.8 Å². The highest BCUT2D eigenvalue weighted by Crippen LogP contribution is 2.10. The summed E-state index contributed by atoms with van der Waals surface area (Å²) in [6.07, 6.45) is 4.10. The minimum absolute atomic E-state index is 0.266. The minimum Gasteiger partial charge on any atom is -0.353 e. The fraction of sp³-hybridized carbons (Fsp3) is 0.684. The summed E-state index contributed by atoms with van der Waals surface area (Å²) >= 11 is 0. The predicted octanol–water partition coefficient (Wildman–Crippen LogP) is -0.00488. The fourth-order valence-electron chi connectivity index (χ4n) is 3.54. The van der Waals surface area contributed by atoms with Crippen LogP contribution >= 0.6 is 0 Å². The molecule has 2 aliphatic heterocycles. The molecule has 1 amide bonds. The first kappa shape index (κ1) is 20.3. The number of carbonyl (C=O) groups is 1. The number of piperazine rings is 1. The molecule has 154 valence electrons. The zero-order chi connectivity index (χ0) is 19.9. The van der Waals surface area contributed by atoms with Crippen molar-refractivity contribution in [1.29, 1.82) is 0 Å². The lowest BCUT2D eigenvalue weighted by molar-refractivity contribution is -0.131. The Labute approximate surface area is 167 Å². The van der Waals surface area contributed by atoms with Gasteiger partial charge in [-0.1, -0.05) is 6.08 Å². The molecule has 0 bridgehead atoms. The second-order valence-electron chi connectivity index (χ2n) is 7.38. The molecule has 3 heterocycles. The average molecular weight is 389 g/mol. The molecule has 2 saturated heterocycles. The number of likely N-dealkylation sites (tertiary alicyclic amines) is 1. The number of nitrogens with one attached hydrogen (secondary N) is 1. The minimum atomic E-state index is 0.266. The number of amides is 1. The van der Waals surface area contributed by atoms with Gasteiger partial charge in [-0.2, -0.15) is 0 Å². The summed E-state index contributed by atoms with van der Waals surface area (Å²) < 4.78 is 1.95. The summed E-state index contributed by atoms with van der Waals surface area (Å²) in [6.45, 7) is 12.6. The largest absolute Gasteiger partial charge is 0.353 e. The summed E-state index contributed by atoms with van der Waals surface area (Å²) in [5.74, 6) is 2.83. The predicted molar refractivity (Wildman–Crippen MR) is 109 cm³/mol. The van der Waals surface area contributed by atoms with Gasteiger partial charge in [0.2, 0.25) is 5.91 Å². The first-order chi connectivity index (χ1) is 13.6. The van der Waals surface area contributed by atoms with E-state index in [1.54, 1.807) is 0 Å². The van der Waals surface area contributed by atoms with Crippen molar-refractivity contribution in [3.63, 3.8) is 0 Å². The van der Waals surface area contributed by atoms with Crippen molar-refractivity contribution >= 4 is 11.9 Å². The van der Waals surface area contributed by atoms with E-state index in [0.29, 0.717) is 19.6 Å². The lowest BCUT2D eigenvalue weighted by atomic mass is 10.3. The number of carbonyl (C=O) groups excluding carboxylic acids is 1. The van der Waals surface area contributed by atoms with Gasteiger partial charge in [0.25, 0.3) is 0 Å². The molecule has 3 rings (SSSR count). The molecule has 0 saturated carbocycles. The Morgan fingerprint density at radius 2 is 1.86 bits per heavy atom. The molecule has 9 heteroatoms. The Morgan fingerprint density at radius 3 is 2.46 bits per heavy atom. The van der Waals surface area contributed by atoms with Crippen LogP contribution in [0.15, 0.2) is 17.6 Å². The van der Waals surface area contributed by atoms with Crippen LogP contribution in [0.5, 0.6) is 0 Å². The van der Waals surface area contributed by atoms with Crippen molar-refractivity contribution in [1.82, 2.24) is 34.8 Å². The molecule has 1 N–H and O–H groups in total. The van der Waals surface area contributed by atoms with E-state index in [1.165, 1.54) is 0 Å². The van der Waals surface area contributed by atoms with Crippen molar-refractivity contribution in [2.45, 2.75) is 26.3 Å². The van der Waals surface area contributed by atoms with Crippen LogP contribution in [0.3, 0.4) is 0 Å². The Balaban J connectivity index is 1.54. The van der Waals surface area contributed by atoms with E-state index >= 15 is 0 Å². The van der Waals surface area contributed by atoms with Crippen molar-refractivity contribution in [3.8, 4) is 0 Å². The van der Waals surface area contributed by atoms with Crippen LogP contribution in [0.2, 0.25) is 0 Å². The van der Waals surface area contributed by atoms with Gasteiger partial charge in [-0.3, -0.25) is 9.69 Å². The van der Waals surface area contributed by atoms with E-state index in [9.17, 15) is 4.79 Å². The average Bonchev–Trinajstić information content (AvgIpc) is 3.35. The van der Waals surface area contributed by atoms with Gasteiger partial charge >= 0.3 is 0 Å². The maximum absolute atomic E-state index is 12.4. The number of guanidine groups is 1. The molecule has 9 nitrogen and oxygen atoms in total. The Morgan fingerprint density at radius 1 is 1.14 bits per heavy atom. The smallest absolute Gasteiger partial charge is 0.236 e.